The molecular formula is C28H36F3NO2. The second-order valence-corrected chi connectivity index (χ2v) is 9.95. The van der Waals surface area contributed by atoms with E-state index in [-0.39, 0.29) is 11.9 Å². The number of carbonyl (C=O) groups is 1. The van der Waals surface area contributed by atoms with Crippen LogP contribution in [0.15, 0.2) is 42.5 Å². The summed E-state index contributed by atoms with van der Waals surface area (Å²) in [5, 5.41) is 0. The number of alkyl halides is 3. The molecule has 2 aromatic carbocycles. The first-order valence-corrected chi connectivity index (χ1v) is 12.2. The number of hydrogen-bond acceptors (Lipinski definition) is 3. The molecule has 2 aromatic rings. The molecule has 34 heavy (non-hydrogen) atoms. The summed E-state index contributed by atoms with van der Waals surface area (Å²) in [5.74, 6) is -0.0302. The molecule has 1 aliphatic rings. The molecule has 0 bridgehead atoms. The number of hydrogen-bond donors (Lipinski definition) is 0. The Hall–Kier alpha value is -2.34. The molecule has 0 N–H and O–H groups in total. The van der Waals surface area contributed by atoms with Gasteiger partial charge in [0.2, 0.25) is 0 Å². The minimum absolute atomic E-state index is 0.247. The smallest absolute Gasteiger partial charge is 0.416 e. The SMILES string of the molecule is CCOC(=O)C(CC(C)C)c1cc(-c2ccc(C(F)(F)F)cc2)cc(C2CCN(C)C(C)C2)c1. The Labute approximate surface area is 201 Å². The fourth-order valence-corrected chi connectivity index (χ4v) is 4.81. The quantitative estimate of drug-likeness (QED) is 0.395. The van der Waals surface area contributed by atoms with Crippen LogP contribution in [0.25, 0.3) is 11.1 Å². The molecular weight excluding hydrogens is 439 g/mol. The summed E-state index contributed by atoms with van der Waals surface area (Å²) in [6.45, 7) is 9.46. The summed E-state index contributed by atoms with van der Waals surface area (Å²) in [5.41, 5.74) is 2.91. The van der Waals surface area contributed by atoms with Crippen LogP contribution in [0.3, 0.4) is 0 Å². The number of benzene rings is 2. The Morgan fingerprint density at radius 3 is 2.35 bits per heavy atom. The van der Waals surface area contributed by atoms with Crippen molar-refractivity contribution in [1.29, 1.82) is 0 Å². The van der Waals surface area contributed by atoms with Crippen molar-refractivity contribution in [1.82, 2.24) is 4.90 Å². The highest BCUT2D eigenvalue weighted by atomic mass is 19.4. The zero-order valence-corrected chi connectivity index (χ0v) is 20.8. The molecule has 1 fully saturated rings. The van der Waals surface area contributed by atoms with Gasteiger partial charge in [0.1, 0.15) is 0 Å². The van der Waals surface area contributed by atoms with Crippen molar-refractivity contribution in [2.45, 2.75) is 71.0 Å². The van der Waals surface area contributed by atoms with Crippen molar-refractivity contribution in [2.24, 2.45) is 5.92 Å². The molecule has 1 aliphatic heterocycles. The Balaban J connectivity index is 2.08. The highest BCUT2D eigenvalue weighted by molar-refractivity contribution is 5.79. The topological polar surface area (TPSA) is 29.5 Å². The van der Waals surface area contributed by atoms with Gasteiger partial charge in [-0.1, -0.05) is 44.2 Å². The van der Waals surface area contributed by atoms with Crippen molar-refractivity contribution in [3.63, 3.8) is 0 Å². The molecule has 3 rings (SSSR count). The van der Waals surface area contributed by atoms with Crippen molar-refractivity contribution < 1.29 is 22.7 Å². The Morgan fingerprint density at radius 1 is 1.12 bits per heavy atom. The molecule has 0 aromatic heterocycles. The second-order valence-electron chi connectivity index (χ2n) is 9.95. The van der Waals surface area contributed by atoms with Crippen molar-refractivity contribution in [3.8, 4) is 11.1 Å². The predicted octanol–water partition coefficient (Wildman–Crippen LogP) is 7.26. The van der Waals surface area contributed by atoms with Gasteiger partial charge in [-0.3, -0.25) is 4.79 Å². The summed E-state index contributed by atoms with van der Waals surface area (Å²) in [6, 6.07) is 11.9. The third kappa shape index (κ3) is 6.41. The van der Waals surface area contributed by atoms with E-state index in [1.54, 1.807) is 6.92 Å². The van der Waals surface area contributed by atoms with Gasteiger partial charge in [-0.2, -0.15) is 13.2 Å². The molecule has 0 aliphatic carbocycles. The van der Waals surface area contributed by atoms with Crippen LogP contribution < -0.4 is 0 Å². The lowest BCUT2D eigenvalue weighted by atomic mass is 9.81. The fourth-order valence-electron chi connectivity index (χ4n) is 4.81. The van der Waals surface area contributed by atoms with Gasteiger partial charge in [0.25, 0.3) is 0 Å². The van der Waals surface area contributed by atoms with Crippen LogP contribution in [-0.2, 0) is 15.7 Å². The van der Waals surface area contributed by atoms with Crippen molar-refractivity contribution >= 4 is 5.97 Å². The van der Waals surface area contributed by atoms with Gasteiger partial charge >= 0.3 is 12.1 Å². The Bertz CT molecular complexity index is 969. The molecule has 0 radical (unpaired) electrons. The maximum Gasteiger partial charge on any atom is 0.416 e. The van der Waals surface area contributed by atoms with Crippen LogP contribution in [-0.4, -0.2) is 37.1 Å². The summed E-state index contributed by atoms with van der Waals surface area (Å²) in [7, 11) is 2.13. The largest absolute Gasteiger partial charge is 0.466 e. The average molecular weight is 476 g/mol. The van der Waals surface area contributed by atoms with E-state index in [4.69, 9.17) is 4.74 Å². The number of ether oxygens (including phenoxy) is 1. The third-order valence-corrected chi connectivity index (χ3v) is 6.88. The summed E-state index contributed by atoms with van der Waals surface area (Å²) >= 11 is 0. The molecule has 6 heteroatoms. The minimum Gasteiger partial charge on any atom is -0.466 e. The number of piperidine rings is 1. The summed E-state index contributed by atoms with van der Waals surface area (Å²) in [4.78, 5) is 15.3. The number of carbonyl (C=O) groups excluding carboxylic acids is 1. The molecule has 3 atom stereocenters. The lowest BCUT2D eigenvalue weighted by Crippen LogP contribution is -2.36. The Morgan fingerprint density at radius 2 is 1.79 bits per heavy atom. The first kappa shape index (κ1) is 26.3. The molecule has 1 heterocycles. The first-order valence-electron chi connectivity index (χ1n) is 12.2. The number of esters is 1. The molecule has 0 saturated carbocycles. The van der Waals surface area contributed by atoms with Gasteiger partial charge in [0.15, 0.2) is 0 Å². The van der Waals surface area contributed by atoms with Crippen LogP contribution >= 0.6 is 0 Å². The van der Waals surface area contributed by atoms with E-state index in [0.717, 1.165) is 48.2 Å². The van der Waals surface area contributed by atoms with E-state index in [9.17, 15) is 18.0 Å². The number of rotatable bonds is 7. The number of halogens is 3. The second kappa shape index (κ2) is 10.9. The highest BCUT2D eigenvalue weighted by Gasteiger charge is 2.31. The van der Waals surface area contributed by atoms with E-state index < -0.39 is 17.7 Å². The molecule has 0 spiro atoms. The van der Waals surface area contributed by atoms with Gasteiger partial charge in [0, 0.05) is 6.04 Å². The van der Waals surface area contributed by atoms with Crippen LogP contribution in [0.1, 0.15) is 75.5 Å². The Kier molecular flexibility index (Phi) is 8.45. The van der Waals surface area contributed by atoms with Crippen molar-refractivity contribution in [2.75, 3.05) is 20.2 Å². The molecule has 3 unspecified atom stereocenters. The van der Waals surface area contributed by atoms with Crippen LogP contribution in [0.5, 0.6) is 0 Å². The zero-order chi connectivity index (χ0) is 25.0. The van der Waals surface area contributed by atoms with Crippen LogP contribution in [0.2, 0.25) is 0 Å². The summed E-state index contributed by atoms with van der Waals surface area (Å²) < 4.78 is 44.7. The standard InChI is InChI=1S/C28H36F3NO2/c1-6-34-27(33)26(13-18(2)3)24-16-22(20-7-9-25(10-8-20)28(29,30)31)15-23(17-24)21-11-12-32(5)19(4)14-21/h7-10,15-19,21,26H,6,11-14H2,1-5H3. The average Bonchev–Trinajstić information content (AvgIpc) is 2.78. The van der Waals surface area contributed by atoms with Crippen LogP contribution in [0, 0.1) is 5.92 Å². The summed E-state index contributed by atoms with van der Waals surface area (Å²) in [6.07, 6.45) is -1.72. The number of likely N-dealkylation sites (tertiary alicyclic amines) is 1. The third-order valence-electron chi connectivity index (χ3n) is 6.88. The lowest BCUT2D eigenvalue weighted by molar-refractivity contribution is -0.145. The van der Waals surface area contributed by atoms with E-state index in [2.05, 4.69) is 44.9 Å². The molecule has 0 amide bonds. The predicted molar refractivity (Wildman–Crippen MR) is 130 cm³/mol. The lowest BCUT2D eigenvalue weighted by Gasteiger charge is -2.35. The van der Waals surface area contributed by atoms with Gasteiger partial charge in [-0.15, -0.1) is 0 Å². The van der Waals surface area contributed by atoms with E-state index >= 15 is 0 Å². The van der Waals surface area contributed by atoms with Gasteiger partial charge in [-0.25, -0.2) is 0 Å². The van der Waals surface area contributed by atoms with Crippen LogP contribution in [0.4, 0.5) is 13.2 Å². The zero-order valence-electron chi connectivity index (χ0n) is 20.8. The molecule has 1 saturated heterocycles. The van der Waals surface area contributed by atoms with E-state index in [1.807, 2.05) is 6.07 Å². The van der Waals surface area contributed by atoms with Crippen molar-refractivity contribution in [3.05, 3.63) is 59.2 Å². The monoisotopic (exact) mass is 475 g/mol. The molecule has 3 nitrogen and oxygen atoms in total. The van der Waals surface area contributed by atoms with Gasteiger partial charge in [0.05, 0.1) is 18.1 Å². The maximum atomic E-state index is 13.1. The highest BCUT2D eigenvalue weighted by Crippen LogP contribution is 2.38. The van der Waals surface area contributed by atoms with Gasteiger partial charge in [-0.05, 0) is 92.9 Å². The van der Waals surface area contributed by atoms with E-state index in [0.29, 0.717) is 30.6 Å². The normalized spacial score (nSPS) is 20.4. The van der Waals surface area contributed by atoms with Gasteiger partial charge < -0.3 is 9.64 Å². The first-order chi connectivity index (χ1) is 16.0. The minimum atomic E-state index is -4.37. The maximum absolute atomic E-state index is 13.1. The van der Waals surface area contributed by atoms with E-state index in [1.165, 1.54) is 12.1 Å². The number of nitrogens with zero attached hydrogens (tertiary/aromatic N) is 1. The molecule has 186 valence electrons. The fraction of sp³-hybridized carbons (Fsp3) is 0.536.